The highest BCUT2D eigenvalue weighted by Crippen LogP contribution is 2.24. The highest BCUT2D eigenvalue weighted by atomic mass is 35.5. The first kappa shape index (κ1) is 12.2. The van der Waals surface area contributed by atoms with E-state index in [1.807, 2.05) is 25.1 Å². The maximum Gasteiger partial charge on any atom is 0.193 e. The van der Waals surface area contributed by atoms with Gasteiger partial charge < -0.3 is 0 Å². The molecule has 2 aromatic rings. The molecule has 0 bridgehead atoms. The minimum atomic E-state index is -0.0401. The van der Waals surface area contributed by atoms with Crippen LogP contribution in [0.5, 0.6) is 0 Å². The van der Waals surface area contributed by atoms with Crippen LogP contribution in [0.3, 0.4) is 0 Å². The molecule has 0 unspecified atom stereocenters. The molecule has 0 spiro atoms. The summed E-state index contributed by atoms with van der Waals surface area (Å²) in [6.07, 6.45) is 0. The molecule has 3 heteroatoms. The van der Waals surface area contributed by atoms with E-state index in [1.54, 1.807) is 24.3 Å². The minimum absolute atomic E-state index is 0.0401. The maximum absolute atomic E-state index is 12.2. The van der Waals surface area contributed by atoms with Crippen molar-refractivity contribution < 1.29 is 4.79 Å². The topological polar surface area (TPSA) is 17.1 Å². The quantitative estimate of drug-likeness (QED) is 0.729. The molecule has 1 nitrogen and oxygen atoms in total. The Morgan fingerprint density at radius 1 is 1.00 bits per heavy atom. The number of benzene rings is 2. The van der Waals surface area contributed by atoms with Crippen LogP contribution < -0.4 is 0 Å². The summed E-state index contributed by atoms with van der Waals surface area (Å²) in [5.41, 5.74) is 2.18. The molecule has 0 fully saturated rings. The number of halogens is 2. The van der Waals surface area contributed by atoms with Gasteiger partial charge >= 0.3 is 0 Å². The number of rotatable bonds is 2. The smallest absolute Gasteiger partial charge is 0.193 e. The summed E-state index contributed by atoms with van der Waals surface area (Å²) in [6, 6.07) is 12.4. The van der Waals surface area contributed by atoms with Crippen molar-refractivity contribution in [2.75, 3.05) is 0 Å². The summed E-state index contributed by atoms with van der Waals surface area (Å²) >= 11 is 11.7. The van der Waals surface area contributed by atoms with E-state index < -0.39 is 0 Å². The Labute approximate surface area is 110 Å². The molecule has 2 aromatic carbocycles. The van der Waals surface area contributed by atoms with E-state index >= 15 is 0 Å². The van der Waals surface area contributed by atoms with Crippen LogP contribution in [0.4, 0.5) is 0 Å². The summed E-state index contributed by atoms with van der Waals surface area (Å²) < 4.78 is 0. The molecular formula is C14H10Cl2O. The minimum Gasteiger partial charge on any atom is -0.289 e. The standard InChI is InChI=1S/C14H10Cl2O/c1-9-4-2-3-5-11(9)14(17)10-6-7-12(15)13(16)8-10/h2-8H,1H3. The van der Waals surface area contributed by atoms with Gasteiger partial charge in [0, 0.05) is 11.1 Å². The Hall–Kier alpha value is -1.31. The lowest BCUT2D eigenvalue weighted by atomic mass is 9.99. The van der Waals surface area contributed by atoms with E-state index in [-0.39, 0.29) is 5.78 Å². The first-order valence-electron chi connectivity index (χ1n) is 5.15. The second-order valence-electron chi connectivity index (χ2n) is 3.77. The van der Waals surface area contributed by atoms with Crippen molar-refractivity contribution in [3.63, 3.8) is 0 Å². The molecule has 0 aromatic heterocycles. The molecule has 0 atom stereocenters. The third-order valence-electron chi connectivity index (χ3n) is 2.57. The lowest BCUT2D eigenvalue weighted by Crippen LogP contribution is -2.03. The molecule has 86 valence electrons. The van der Waals surface area contributed by atoms with Crippen LogP contribution in [0, 0.1) is 6.92 Å². The molecular weight excluding hydrogens is 255 g/mol. The third kappa shape index (κ3) is 2.51. The number of carbonyl (C=O) groups excluding carboxylic acids is 1. The van der Waals surface area contributed by atoms with E-state index in [0.29, 0.717) is 21.2 Å². The molecule has 0 saturated heterocycles. The number of carbonyl (C=O) groups is 1. The largest absolute Gasteiger partial charge is 0.289 e. The predicted octanol–water partition coefficient (Wildman–Crippen LogP) is 4.53. The van der Waals surface area contributed by atoms with Gasteiger partial charge in [0.25, 0.3) is 0 Å². The van der Waals surface area contributed by atoms with E-state index in [4.69, 9.17) is 23.2 Å². The molecule has 0 radical (unpaired) electrons. The SMILES string of the molecule is Cc1ccccc1C(=O)c1ccc(Cl)c(Cl)c1. The van der Waals surface area contributed by atoms with E-state index in [0.717, 1.165) is 5.56 Å². The Bertz CT molecular complexity index is 576. The molecule has 0 amide bonds. The van der Waals surface area contributed by atoms with Crippen molar-refractivity contribution in [3.8, 4) is 0 Å². The number of hydrogen-bond donors (Lipinski definition) is 0. The maximum atomic E-state index is 12.2. The lowest BCUT2D eigenvalue weighted by Gasteiger charge is -2.05. The molecule has 2 rings (SSSR count). The summed E-state index contributed by atoms with van der Waals surface area (Å²) in [6.45, 7) is 1.91. The summed E-state index contributed by atoms with van der Waals surface area (Å²) in [7, 11) is 0. The highest BCUT2D eigenvalue weighted by molar-refractivity contribution is 6.42. The zero-order valence-corrected chi connectivity index (χ0v) is 10.7. The van der Waals surface area contributed by atoms with Gasteiger partial charge in [0.2, 0.25) is 0 Å². The van der Waals surface area contributed by atoms with Crippen molar-refractivity contribution in [2.45, 2.75) is 6.92 Å². The summed E-state index contributed by atoms with van der Waals surface area (Å²) in [5.74, 6) is -0.0401. The number of aryl methyl sites for hydroxylation is 1. The molecule has 0 N–H and O–H groups in total. The number of ketones is 1. The van der Waals surface area contributed by atoms with Crippen LogP contribution in [0.2, 0.25) is 10.0 Å². The van der Waals surface area contributed by atoms with Gasteiger partial charge in [0.15, 0.2) is 5.78 Å². The summed E-state index contributed by atoms with van der Waals surface area (Å²) in [4.78, 5) is 12.2. The Morgan fingerprint density at radius 3 is 2.35 bits per heavy atom. The average molecular weight is 265 g/mol. The number of hydrogen-bond acceptors (Lipinski definition) is 1. The molecule has 0 aliphatic rings. The average Bonchev–Trinajstić information content (AvgIpc) is 2.32. The van der Waals surface area contributed by atoms with Crippen molar-refractivity contribution in [3.05, 3.63) is 69.2 Å². The van der Waals surface area contributed by atoms with Crippen LogP contribution in [0.25, 0.3) is 0 Å². The Balaban J connectivity index is 2.44. The van der Waals surface area contributed by atoms with E-state index in [9.17, 15) is 4.79 Å². The van der Waals surface area contributed by atoms with E-state index in [1.165, 1.54) is 0 Å². The summed E-state index contributed by atoms with van der Waals surface area (Å²) in [5, 5.41) is 0.846. The second-order valence-corrected chi connectivity index (χ2v) is 4.59. The van der Waals surface area contributed by atoms with Crippen LogP contribution in [-0.2, 0) is 0 Å². The van der Waals surface area contributed by atoms with Crippen LogP contribution in [0.1, 0.15) is 21.5 Å². The van der Waals surface area contributed by atoms with Crippen molar-refractivity contribution in [2.24, 2.45) is 0 Å². The van der Waals surface area contributed by atoms with Crippen LogP contribution in [-0.4, -0.2) is 5.78 Å². The lowest BCUT2D eigenvalue weighted by molar-refractivity contribution is 0.103. The fourth-order valence-corrected chi connectivity index (χ4v) is 1.92. The van der Waals surface area contributed by atoms with Crippen molar-refractivity contribution in [1.82, 2.24) is 0 Å². The van der Waals surface area contributed by atoms with Gasteiger partial charge in [-0.2, -0.15) is 0 Å². The van der Waals surface area contributed by atoms with Gasteiger partial charge in [-0.3, -0.25) is 4.79 Å². The van der Waals surface area contributed by atoms with Gasteiger partial charge in [-0.25, -0.2) is 0 Å². The van der Waals surface area contributed by atoms with Gasteiger partial charge in [-0.1, -0.05) is 47.5 Å². The van der Waals surface area contributed by atoms with Gasteiger partial charge in [0.1, 0.15) is 0 Å². The first-order chi connectivity index (χ1) is 8.09. The zero-order valence-electron chi connectivity index (χ0n) is 9.21. The molecule has 0 aliphatic heterocycles. The molecule has 17 heavy (non-hydrogen) atoms. The predicted molar refractivity (Wildman–Crippen MR) is 71.1 cm³/mol. The first-order valence-corrected chi connectivity index (χ1v) is 5.90. The van der Waals surface area contributed by atoms with Gasteiger partial charge in [-0.15, -0.1) is 0 Å². The van der Waals surface area contributed by atoms with Crippen molar-refractivity contribution >= 4 is 29.0 Å². The van der Waals surface area contributed by atoms with Crippen LogP contribution in [0.15, 0.2) is 42.5 Å². The molecule has 0 heterocycles. The van der Waals surface area contributed by atoms with Crippen molar-refractivity contribution in [1.29, 1.82) is 0 Å². The Kier molecular flexibility index (Phi) is 3.51. The normalized spacial score (nSPS) is 10.3. The fourth-order valence-electron chi connectivity index (χ4n) is 1.62. The monoisotopic (exact) mass is 264 g/mol. The molecule has 0 aliphatic carbocycles. The zero-order chi connectivity index (χ0) is 12.4. The third-order valence-corrected chi connectivity index (χ3v) is 3.31. The second kappa shape index (κ2) is 4.91. The van der Waals surface area contributed by atoms with Gasteiger partial charge in [0.05, 0.1) is 10.0 Å². The van der Waals surface area contributed by atoms with Gasteiger partial charge in [-0.05, 0) is 30.7 Å². The Morgan fingerprint density at radius 2 is 1.71 bits per heavy atom. The van der Waals surface area contributed by atoms with Crippen LogP contribution >= 0.6 is 23.2 Å². The fraction of sp³-hybridized carbons (Fsp3) is 0.0714. The van der Waals surface area contributed by atoms with E-state index in [2.05, 4.69) is 0 Å². The highest BCUT2D eigenvalue weighted by Gasteiger charge is 2.12. The molecule has 0 saturated carbocycles.